The van der Waals surface area contributed by atoms with Crippen molar-refractivity contribution in [3.8, 4) is 0 Å². The minimum Gasteiger partial charge on any atom is -0.354 e. The Morgan fingerprint density at radius 1 is 1.19 bits per heavy atom. The number of hydrogen-bond acceptors (Lipinski definition) is 7. The number of nitrogens with zero attached hydrogens (tertiary/aromatic N) is 4. The Morgan fingerprint density at radius 2 is 1.88 bits per heavy atom. The van der Waals surface area contributed by atoms with Crippen molar-refractivity contribution >= 4 is 33.3 Å². The van der Waals surface area contributed by atoms with E-state index in [1.54, 1.807) is 27.0 Å². The van der Waals surface area contributed by atoms with Gasteiger partial charge in [0.2, 0.25) is 5.90 Å². The van der Waals surface area contributed by atoms with Crippen LogP contribution in [0, 0.1) is 13.8 Å². The van der Waals surface area contributed by atoms with Crippen LogP contribution in [-0.4, -0.2) is 36.8 Å². The molecular formula is C15H13F3N4O3S. The largest absolute Gasteiger partial charge is 0.534 e. The highest BCUT2D eigenvalue weighted by Crippen LogP contribution is 2.39. The minimum absolute atomic E-state index is 0.00196. The topological polar surface area (TPSA) is 84.8 Å². The maximum absolute atomic E-state index is 12.8. The smallest absolute Gasteiger partial charge is 0.354 e. The van der Waals surface area contributed by atoms with Crippen LogP contribution in [0.5, 0.6) is 0 Å². The van der Waals surface area contributed by atoms with E-state index in [-0.39, 0.29) is 17.1 Å². The summed E-state index contributed by atoms with van der Waals surface area (Å²) >= 11 is 0. The first-order chi connectivity index (χ1) is 12.0. The van der Waals surface area contributed by atoms with E-state index in [0.29, 0.717) is 17.1 Å². The molecule has 7 nitrogen and oxygen atoms in total. The zero-order valence-electron chi connectivity index (χ0n) is 13.9. The zero-order chi connectivity index (χ0) is 19.3. The number of pyridine rings is 2. The van der Waals surface area contributed by atoms with E-state index in [0.717, 1.165) is 0 Å². The molecule has 0 bridgehead atoms. The van der Waals surface area contributed by atoms with Gasteiger partial charge in [0.05, 0.1) is 5.56 Å². The molecule has 0 radical (unpaired) electrons. The molecule has 2 aromatic heterocycles. The standard InChI is InChI=1S/C15H13F3N4O3S/c1-8-7-9(2)20-13-11(8)21-14(25-26(23,24)15(16,17)18)10-5-4-6-19-12(10)22(13)3/h4-7H,1-3H3. The number of anilines is 2. The molecule has 0 saturated heterocycles. The van der Waals surface area contributed by atoms with Crippen LogP contribution >= 0.6 is 0 Å². The predicted molar refractivity (Wildman–Crippen MR) is 88.3 cm³/mol. The lowest BCUT2D eigenvalue weighted by atomic mass is 10.2. The Labute approximate surface area is 147 Å². The van der Waals surface area contributed by atoms with Crippen molar-refractivity contribution in [3.05, 3.63) is 41.2 Å². The molecule has 0 unspecified atom stereocenters. The van der Waals surface area contributed by atoms with Gasteiger partial charge >= 0.3 is 15.6 Å². The molecule has 2 aromatic rings. The molecule has 0 saturated carbocycles. The Balaban J connectivity index is 2.28. The fraction of sp³-hybridized carbons (Fsp3) is 0.267. The number of halogens is 3. The van der Waals surface area contributed by atoms with E-state index in [1.165, 1.54) is 23.2 Å². The Morgan fingerprint density at radius 3 is 2.54 bits per heavy atom. The number of rotatable bonds is 1. The van der Waals surface area contributed by atoms with Crippen LogP contribution in [0.4, 0.5) is 30.5 Å². The summed E-state index contributed by atoms with van der Waals surface area (Å²) < 4.78 is 65.6. The first-order valence-electron chi connectivity index (χ1n) is 7.28. The zero-order valence-corrected chi connectivity index (χ0v) is 14.7. The van der Waals surface area contributed by atoms with E-state index in [9.17, 15) is 21.6 Å². The Bertz CT molecular complexity index is 1020. The third-order valence-electron chi connectivity index (χ3n) is 3.63. The van der Waals surface area contributed by atoms with Gasteiger partial charge in [0, 0.05) is 18.9 Å². The van der Waals surface area contributed by atoms with Crippen molar-refractivity contribution in [2.75, 3.05) is 11.9 Å². The minimum atomic E-state index is -5.89. The normalized spacial score (nSPS) is 14.2. The third kappa shape index (κ3) is 2.98. The molecule has 1 aliphatic rings. The van der Waals surface area contributed by atoms with Crippen molar-refractivity contribution in [2.45, 2.75) is 19.4 Å². The highest BCUT2D eigenvalue weighted by molar-refractivity contribution is 7.88. The molecule has 1 aliphatic heterocycles. The van der Waals surface area contributed by atoms with Crippen molar-refractivity contribution in [2.24, 2.45) is 4.99 Å². The van der Waals surface area contributed by atoms with E-state index >= 15 is 0 Å². The van der Waals surface area contributed by atoms with Gasteiger partial charge in [0.25, 0.3) is 0 Å². The maximum atomic E-state index is 12.8. The summed E-state index contributed by atoms with van der Waals surface area (Å²) in [6.07, 6.45) is 1.42. The van der Waals surface area contributed by atoms with Crippen molar-refractivity contribution in [3.63, 3.8) is 0 Å². The van der Waals surface area contributed by atoms with Crippen LogP contribution in [0.25, 0.3) is 0 Å². The first-order valence-corrected chi connectivity index (χ1v) is 8.69. The van der Waals surface area contributed by atoms with Gasteiger partial charge < -0.3 is 9.08 Å². The molecule has 138 valence electrons. The van der Waals surface area contributed by atoms with Crippen LogP contribution in [0.3, 0.4) is 0 Å². The average molecular weight is 386 g/mol. The van der Waals surface area contributed by atoms with Crippen LogP contribution in [0.1, 0.15) is 16.8 Å². The van der Waals surface area contributed by atoms with Gasteiger partial charge in [-0.2, -0.15) is 21.6 Å². The monoisotopic (exact) mass is 386 g/mol. The quantitative estimate of drug-likeness (QED) is 0.553. The second-order valence-electron chi connectivity index (χ2n) is 5.59. The van der Waals surface area contributed by atoms with E-state index in [2.05, 4.69) is 19.1 Å². The van der Waals surface area contributed by atoms with Gasteiger partial charge in [-0.1, -0.05) is 0 Å². The van der Waals surface area contributed by atoms with Crippen LogP contribution in [0.2, 0.25) is 0 Å². The van der Waals surface area contributed by atoms with Crippen LogP contribution in [-0.2, 0) is 14.3 Å². The van der Waals surface area contributed by atoms with Gasteiger partial charge in [-0.05, 0) is 37.6 Å². The second-order valence-corrected chi connectivity index (χ2v) is 7.12. The second kappa shape index (κ2) is 5.94. The van der Waals surface area contributed by atoms with Gasteiger partial charge in [0.15, 0.2) is 5.82 Å². The van der Waals surface area contributed by atoms with Crippen molar-refractivity contribution in [1.29, 1.82) is 0 Å². The molecule has 0 N–H and O–H groups in total. The summed E-state index contributed by atoms with van der Waals surface area (Å²) in [4.78, 5) is 14.0. The van der Waals surface area contributed by atoms with Crippen molar-refractivity contribution < 1.29 is 25.8 Å². The Hall–Kier alpha value is -2.69. The summed E-state index contributed by atoms with van der Waals surface area (Å²) in [6.45, 7) is 3.44. The lowest BCUT2D eigenvalue weighted by Crippen LogP contribution is -2.28. The van der Waals surface area contributed by atoms with E-state index in [4.69, 9.17) is 0 Å². The van der Waals surface area contributed by atoms with E-state index < -0.39 is 21.5 Å². The number of alkyl halides is 3. The molecule has 0 atom stereocenters. The van der Waals surface area contributed by atoms with Gasteiger partial charge in [-0.25, -0.2) is 15.0 Å². The summed E-state index contributed by atoms with van der Waals surface area (Å²) in [6, 6.07) is 4.49. The summed E-state index contributed by atoms with van der Waals surface area (Å²) in [7, 11) is -4.29. The Kier molecular flexibility index (Phi) is 4.14. The maximum Gasteiger partial charge on any atom is 0.534 e. The summed E-state index contributed by atoms with van der Waals surface area (Å²) in [5, 5.41) is 0. The van der Waals surface area contributed by atoms with Gasteiger partial charge in [0.1, 0.15) is 11.5 Å². The molecule has 0 spiro atoms. The van der Waals surface area contributed by atoms with Crippen molar-refractivity contribution in [1.82, 2.24) is 9.97 Å². The molecule has 11 heteroatoms. The van der Waals surface area contributed by atoms with Crippen LogP contribution < -0.4 is 4.90 Å². The number of aliphatic imine (C=N–C) groups is 1. The average Bonchev–Trinajstić information content (AvgIpc) is 2.64. The summed E-state index contributed by atoms with van der Waals surface area (Å²) in [5.41, 5.74) is -4.13. The SMILES string of the molecule is Cc1cc(C)c2c(n1)N(C)c1ncccc1C(OS(=O)(=O)C(F)(F)F)=N2. The fourth-order valence-corrected chi connectivity index (χ4v) is 2.92. The number of fused-ring (bicyclic) bond motifs is 2. The first kappa shape index (κ1) is 18.1. The fourth-order valence-electron chi connectivity index (χ4n) is 2.49. The van der Waals surface area contributed by atoms with E-state index in [1.807, 2.05) is 0 Å². The molecular weight excluding hydrogens is 373 g/mol. The van der Waals surface area contributed by atoms with Gasteiger partial charge in [-0.15, -0.1) is 0 Å². The van der Waals surface area contributed by atoms with Gasteiger partial charge in [-0.3, -0.25) is 0 Å². The highest BCUT2D eigenvalue weighted by Gasteiger charge is 2.49. The highest BCUT2D eigenvalue weighted by atomic mass is 32.2. The van der Waals surface area contributed by atoms with Crippen LogP contribution in [0.15, 0.2) is 29.4 Å². The lowest BCUT2D eigenvalue weighted by Gasteiger charge is -2.19. The molecule has 0 aromatic carbocycles. The number of hydrogen-bond donors (Lipinski definition) is 0. The molecule has 3 heterocycles. The predicted octanol–water partition coefficient (Wildman–Crippen LogP) is 3.12. The molecule has 26 heavy (non-hydrogen) atoms. The molecule has 0 amide bonds. The molecule has 0 aliphatic carbocycles. The molecule has 3 rings (SSSR count). The third-order valence-corrected chi connectivity index (χ3v) is 4.58. The molecule has 0 fully saturated rings. The number of aryl methyl sites for hydroxylation is 2. The number of aromatic nitrogens is 2. The lowest BCUT2D eigenvalue weighted by molar-refractivity contribution is -0.0504. The summed E-state index contributed by atoms with van der Waals surface area (Å²) in [5.74, 6) is -0.227.